The molecule has 1 unspecified atom stereocenters. The van der Waals surface area contributed by atoms with Crippen LogP contribution in [0.2, 0.25) is 0 Å². The Morgan fingerprint density at radius 3 is 2.42 bits per heavy atom. The Morgan fingerprint density at radius 1 is 1.07 bits per heavy atom. The van der Waals surface area contributed by atoms with Crippen molar-refractivity contribution in [1.29, 1.82) is 0 Å². The van der Waals surface area contributed by atoms with E-state index in [4.69, 9.17) is 9.73 Å². The van der Waals surface area contributed by atoms with Crippen molar-refractivity contribution in [2.24, 2.45) is 4.99 Å². The van der Waals surface area contributed by atoms with Crippen LogP contribution >= 0.6 is 0 Å². The largest absolute Gasteiger partial charge is 0.465 e. The van der Waals surface area contributed by atoms with Crippen LogP contribution in [-0.2, 0) is 29.1 Å². The monoisotopic (exact) mass is 812 g/mol. The first-order valence-corrected chi connectivity index (χ1v) is 20.7. The van der Waals surface area contributed by atoms with Gasteiger partial charge in [0.2, 0.25) is 15.9 Å². The van der Waals surface area contributed by atoms with Crippen molar-refractivity contribution >= 4 is 51.9 Å². The van der Waals surface area contributed by atoms with Crippen LogP contribution in [0, 0.1) is 5.82 Å². The number of ketones is 1. The number of Topliss-reactive ketones (excluding diaryl/α,β-unsaturated/α-hetero) is 1. The van der Waals surface area contributed by atoms with E-state index < -0.39 is 86.2 Å². The molecule has 18 heteroatoms. The predicted molar refractivity (Wildman–Crippen MR) is 204 cm³/mol. The number of carbonyl (C=O) groups excluding carboxylic acids is 5. The topological polar surface area (TPSA) is 212 Å². The quantitative estimate of drug-likeness (QED) is 0.331. The van der Waals surface area contributed by atoms with E-state index in [0.29, 0.717) is 51.5 Å². The number of benzene rings is 1. The molecule has 1 aromatic rings. The number of sulfonamides is 1. The van der Waals surface area contributed by atoms with Gasteiger partial charge in [0.15, 0.2) is 5.78 Å². The maximum atomic E-state index is 17.0. The van der Waals surface area contributed by atoms with Crippen LogP contribution in [-0.4, -0.2) is 113 Å². The lowest BCUT2D eigenvalue weighted by molar-refractivity contribution is -0.128. The summed E-state index contributed by atoms with van der Waals surface area (Å²) < 4.78 is 49.6. The zero-order valence-electron chi connectivity index (χ0n) is 32.5. The first-order valence-electron chi connectivity index (χ1n) is 19.2. The molecule has 3 aliphatic heterocycles. The van der Waals surface area contributed by atoms with Gasteiger partial charge in [-0.15, -0.1) is 0 Å². The predicted octanol–water partition coefficient (Wildman–Crippen LogP) is 4.28. The van der Waals surface area contributed by atoms with Crippen molar-refractivity contribution in [3.05, 3.63) is 58.6 Å². The number of rotatable bonds is 7. The van der Waals surface area contributed by atoms with Gasteiger partial charge in [-0.3, -0.25) is 33.8 Å². The average Bonchev–Trinajstić information content (AvgIpc) is 4.05. The van der Waals surface area contributed by atoms with Crippen molar-refractivity contribution in [3.63, 3.8) is 0 Å². The zero-order chi connectivity index (χ0) is 41.6. The van der Waals surface area contributed by atoms with Crippen LogP contribution in [0.15, 0.2) is 41.1 Å². The number of nitrogens with one attached hydrogen (secondary N) is 2. The highest BCUT2D eigenvalue weighted by atomic mass is 32.2. The minimum absolute atomic E-state index is 0.00813. The lowest BCUT2D eigenvalue weighted by atomic mass is 9.90. The highest BCUT2D eigenvalue weighted by Gasteiger charge is 2.50. The number of fused-ring (bicyclic) bond motifs is 2. The first-order chi connectivity index (χ1) is 26.8. The van der Waals surface area contributed by atoms with Crippen molar-refractivity contribution in [3.8, 4) is 0 Å². The van der Waals surface area contributed by atoms with Gasteiger partial charge in [0.1, 0.15) is 17.5 Å². The molecular formula is C39H49FN6O10S. The van der Waals surface area contributed by atoms with Crippen molar-refractivity contribution in [1.82, 2.24) is 24.7 Å². The fourth-order valence-electron chi connectivity index (χ4n) is 7.95. The fraction of sp³-hybridized carbons (Fsp3) is 0.564. The molecule has 1 saturated heterocycles. The second-order valence-electron chi connectivity index (χ2n) is 16.3. The molecule has 3 N–H and O–H groups in total. The third-order valence-corrected chi connectivity index (χ3v) is 13.0. The number of hydrogen-bond donors (Lipinski definition) is 3. The molecule has 1 saturated carbocycles. The molecule has 0 radical (unpaired) electrons. The standard InChI is InChI=1S/C39H49FN6O10S/c1-6-31(48)44(5)22-10-9-21-18-27(21)41-20-23-8-7-17-45(23)29(15-16-30(47)28(19-22)42-37(51)56-39(2,3)4)25-13-14-26-32(33(25)40)36(50)46(38(52)53)34(26)35(49)43-57(54,55)24-11-12-24/h6,13-14,20,22-24,28-29,34H,1,7-12,15-19H2,2-5H3,(H,42,51)(H,43,49)(H,52,53)/b41-20-/t22?,23-,28-,29+,34+/m0/s1. The van der Waals surface area contributed by atoms with E-state index in [0.717, 1.165) is 11.3 Å². The molecule has 1 aromatic carbocycles. The van der Waals surface area contributed by atoms with Gasteiger partial charge in [-0.25, -0.2) is 27.3 Å². The summed E-state index contributed by atoms with van der Waals surface area (Å²) in [5.41, 5.74) is 0.0779. The minimum Gasteiger partial charge on any atom is -0.465 e. The molecule has 5 atom stereocenters. The number of hydrogen-bond acceptors (Lipinski definition) is 11. The van der Waals surface area contributed by atoms with Gasteiger partial charge in [0.25, 0.3) is 11.8 Å². The molecule has 2 aliphatic carbocycles. The van der Waals surface area contributed by atoms with Crippen molar-refractivity contribution < 1.29 is 51.4 Å². The second-order valence-corrected chi connectivity index (χ2v) is 18.2. The van der Waals surface area contributed by atoms with Crippen molar-refractivity contribution in [2.45, 2.75) is 126 Å². The van der Waals surface area contributed by atoms with Crippen LogP contribution in [0.3, 0.4) is 0 Å². The Labute approximate surface area is 330 Å². The number of halogens is 1. The smallest absolute Gasteiger partial charge is 0.415 e. The van der Waals surface area contributed by atoms with Gasteiger partial charge in [-0.05, 0) is 90.3 Å². The van der Waals surface area contributed by atoms with E-state index in [1.807, 2.05) is 9.62 Å². The highest BCUT2D eigenvalue weighted by Crippen LogP contribution is 2.42. The second kappa shape index (κ2) is 16.1. The lowest BCUT2D eigenvalue weighted by Crippen LogP contribution is -2.48. The fourth-order valence-corrected chi connectivity index (χ4v) is 9.26. The summed E-state index contributed by atoms with van der Waals surface area (Å²) in [6, 6.07) is -2.14. The van der Waals surface area contributed by atoms with E-state index in [1.165, 1.54) is 23.1 Å². The van der Waals surface area contributed by atoms with Gasteiger partial charge in [-0.1, -0.05) is 18.7 Å². The summed E-state index contributed by atoms with van der Waals surface area (Å²) in [6.07, 6.45) is 3.86. The summed E-state index contributed by atoms with van der Waals surface area (Å²) in [5.74, 6) is -4.49. The Hall–Kier alpha value is -4.97. The highest BCUT2D eigenvalue weighted by molar-refractivity contribution is 7.90. The molecule has 5 aliphatic rings. The SMILES string of the molecule is C=CC(=O)N(C)C1CCC2=C(C2)/N=C\[C@@H]2CCCN2[C@@H](c2ccc3c(c2F)C(=O)N(C(=O)O)[C@H]3C(=O)NS(=O)(=O)C2CC2)CCC(=O)[C@@H](NC(=O)OC(C)(C)C)C1. The maximum Gasteiger partial charge on any atom is 0.415 e. The van der Waals surface area contributed by atoms with Gasteiger partial charge in [0.05, 0.1) is 16.9 Å². The molecule has 16 nitrogen and oxygen atoms in total. The number of allylic oxidation sites excluding steroid dienone is 2. The normalized spacial score (nSPS) is 26.3. The van der Waals surface area contributed by atoms with E-state index in [-0.39, 0.29) is 47.2 Å². The third kappa shape index (κ3) is 9.11. The Morgan fingerprint density at radius 2 is 1.77 bits per heavy atom. The molecule has 3 heterocycles. The molecule has 0 bridgehead atoms. The number of aliphatic imine (C=N–C) groups is 1. The van der Waals surface area contributed by atoms with E-state index in [1.54, 1.807) is 34.0 Å². The number of carbonyl (C=O) groups is 6. The molecule has 57 heavy (non-hydrogen) atoms. The lowest BCUT2D eigenvalue weighted by Gasteiger charge is -2.33. The third-order valence-electron chi connectivity index (χ3n) is 11.1. The first kappa shape index (κ1) is 41.7. The summed E-state index contributed by atoms with van der Waals surface area (Å²) in [5, 5.41) is 11.9. The van der Waals surface area contributed by atoms with Gasteiger partial charge < -0.3 is 20.1 Å². The molecule has 6 rings (SSSR count). The van der Waals surface area contributed by atoms with E-state index in [2.05, 4.69) is 11.9 Å². The van der Waals surface area contributed by atoms with Gasteiger partial charge >= 0.3 is 12.2 Å². The molecule has 2 fully saturated rings. The molecule has 5 amide bonds. The minimum atomic E-state index is -4.14. The van der Waals surface area contributed by atoms with E-state index >= 15 is 4.39 Å². The number of nitrogens with zero attached hydrogens (tertiary/aromatic N) is 4. The number of likely N-dealkylation sites (N-methyl/N-ethyl adjacent to an activating group) is 1. The number of ether oxygens (including phenoxy) is 1. The van der Waals surface area contributed by atoms with Gasteiger partial charge in [0, 0.05) is 61.1 Å². The van der Waals surface area contributed by atoms with Crippen LogP contribution in [0.25, 0.3) is 0 Å². The zero-order valence-corrected chi connectivity index (χ0v) is 33.3. The maximum absolute atomic E-state index is 17.0. The molecular weight excluding hydrogens is 764 g/mol. The Kier molecular flexibility index (Phi) is 11.8. The van der Waals surface area contributed by atoms with Crippen LogP contribution in [0.5, 0.6) is 0 Å². The summed E-state index contributed by atoms with van der Waals surface area (Å²) in [7, 11) is -2.54. The van der Waals surface area contributed by atoms with Gasteiger partial charge in [-0.2, -0.15) is 0 Å². The summed E-state index contributed by atoms with van der Waals surface area (Å²) in [4.78, 5) is 87.8. The Balaban J connectivity index is 1.38. The van der Waals surface area contributed by atoms with Crippen LogP contribution < -0.4 is 10.0 Å². The Bertz CT molecular complexity index is 2060. The van der Waals surface area contributed by atoms with Crippen LogP contribution in [0.1, 0.15) is 119 Å². The molecule has 0 aromatic heterocycles. The summed E-state index contributed by atoms with van der Waals surface area (Å²) in [6.45, 7) is 9.11. The van der Waals surface area contributed by atoms with Crippen molar-refractivity contribution in [2.75, 3.05) is 13.6 Å². The molecule has 308 valence electrons. The number of alkyl carbamates (subject to hydrolysis) is 1. The van der Waals surface area contributed by atoms with Crippen LogP contribution in [0.4, 0.5) is 14.0 Å². The molecule has 0 spiro atoms. The number of amides is 5. The number of imide groups is 1. The average molecular weight is 813 g/mol. The summed E-state index contributed by atoms with van der Waals surface area (Å²) >= 11 is 0. The van der Waals surface area contributed by atoms with E-state index in [9.17, 15) is 42.3 Å². The number of carboxylic acid groups (broad SMARTS) is 1.